The minimum absolute atomic E-state index is 0.127. The molecule has 0 aromatic rings. The van der Waals surface area contributed by atoms with Gasteiger partial charge in [0.05, 0.1) is 0 Å². The van der Waals surface area contributed by atoms with Crippen LogP contribution in [0.4, 0.5) is 4.39 Å². The number of fused-ring (bicyclic) bond motifs is 5. The summed E-state index contributed by atoms with van der Waals surface area (Å²) in [4.78, 5) is 37.8. The summed E-state index contributed by atoms with van der Waals surface area (Å²) in [7, 11) is 0. The van der Waals surface area contributed by atoms with Gasteiger partial charge in [-0.15, -0.1) is 23.5 Å². The number of esters is 1. The molecule has 0 amide bonds. The van der Waals surface area contributed by atoms with Crippen LogP contribution in [0.5, 0.6) is 0 Å². The van der Waals surface area contributed by atoms with Gasteiger partial charge in [-0.2, -0.15) is 0 Å². The number of halogens is 1. The number of Topliss-reactive ketones (excluding diaryl/α,β-unsaturated/α-hetero) is 1. The summed E-state index contributed by atoms with van der Waals surface area (Å²) in [5.41, 5.74) is -2.62. The van der Waals surface area contributed by atoms with Gasteiger partial charge in [-0.1, -0.05) is 25.5 Å². The molecular formula is C25H33FO4S2. The predicted octanol–water partition coefficient (Wildman–Crippen LogP) is 5.31. The van der Waals surface area contributed by atoms with E-state index in [1.165, 1.54) is 13.0 Å². The third-order valence-corrected chi connectivity index (χ3v) is 12.5. The number of rotatable bonds is 5. The summed E-state index contributed by atoms with van der Waals surface area (Å²) in [5.74, 6) is -0.156. The van der Waals surface area contributed by atoms with E-state index >= 15 is 4.39 Å². The number of hydrogen-bond acceptors (Lipinski definition) is 6. The number of hydrogen-bond donors (Lipinski definition) is 0. The fourth-order valence-electron chi connectivity index (χ4n) is 7.16. The second-order valence-corrected chi connectivity index (χ2v) is 12.7. The van der Waals surface area contributed by atoms with Gasteiger partial charge in [0.1, 0.15) is 10.2 Å². The van der Waals surface area contributed by atoms with Gasteiger partial charge in [0.15, 0.2) is 17.2 Å². The Labute approximate surface area is 198 Å². The second kappa shape index (κ2) is 8.00. The van der Waals surface area contributed by atoms with E-state index < -0.39 is 38.6 Å². The largest absolute Gasteiger partial charge is 0.459 e. The van der Waals surface area contributed by atoms with Crippen LogP contribution in [0.2, 0.25) is 0 Å². The predicted molar refractivity (Wildman–Crippen MR) is 127 cm³/mol. The number of ketones is 2. The van der Waals surface area contributed by atoms with E-state index in [0.717, 1.165) is 17.7 Å². The molecule has 4 nitrogen and oxygen atoms in total. The summed E-state index contributed by atoms with van der Waals surface area (Å²) in [6.07, 6.45) is 8.46. The van der Waals surface area contributed by atoms with Crippen molar-refractivity contribution in [2.75, 3.05) is 12.0 Å². The lowest BCUT2D eigenvalue weighted by molar-refractivity contribution is -0.209. The summed E-state index contributed by atoms with van der Waals surface area (Å²) in [6.45, 7) is 7.37. The molecule has 0 heterocycles. The molecule has 4 aliphatic carbocycles. The molecule has 0 aromatic carbocycles. The van der Waals surface area contributed by atoms with Crippen LogP contribution in [0.3, 0.4) is 0 Å². The molecule has 32 heavy (non-hydrogen) atoms. The molecule has 3 fully saturated rings. The van der Waals surface area contributed by atoms with E-state index in [4.69, 9.17) is 4.74 Å². The number of carbonyl (C=O) groups excluding carboxylic acids is 3. The van der Waals surface area contributed by atoms with E-state index in [1.54, 1.807) is 35.7 Å². The lowest BCUT2D eigenvalue weighted by Crippen LogP contribution is -2.68. The van der Waals surface area contributed by atoms with Crippen molar-refractivity contribution in [3.63, 3.8) is 0 Å². The lowest BCUT2D eigenvalue weighted by atomic mass is 9.46. The highest BCUT2D eigenvalue weighted by Gasteiger charge is 2.76. The molecule has 0 unspecified atom stereocenters. The minimum Gasteiger partial charge on any atom is -0.459 e. The van der Waals surface area contributed by atoms with E-state index in [2.05, 4.69) is 13.8 Å². The van der Waals surface area contributed by atoms with E-state index in [1.807, 2.05) is 13.2 Å². The first kappa shape index (κ1) is 24.1. The van der Waals surface area contributed by atoms with Crippen LogP contribution in [-0.4, -0.2) is 45.4 Å². The Bertz CT molecular complexity index is 916. The molecule has 7 atom stereocenters. The third-order valence-electron chi connectivity index (χ3n) is 8.64. The van der Waals surface area contributed by atoms with E-state index in [0.29, 0.717) is 25.7 Å². The number of alkyl halides is 1. The normalized spacial score (nSPS) is 45.1. The lowest BCUT2D eigenvalue weighted by Gasteiger charge is -2.63. The van der Waals surface area contributed by atoms with Gasteiger partial charge in [0.25, 0.3) is 0 Å². The Morgan fingerprint density at radius 3 is 2.62 bits per heavy atom. The molecule has 3 saturated carbocycles. The maximum atomic E-state index is 17.6. The molecule has 0 radical (unpaired) electrons. The van der Waals surface area contributed by atoms with Gasteiger partial charge in [-0.05, 0) is 62.7 Å². The summed E-state index contributed by atoms with van der Waals surface area (Å²) in [5, 5.41) is 0. The number of carbonyl (C=O) groups is 3. The first-order valence-electron chi connectivity index (χ1n) is 11.5. The molecule has 4 rings (SSSR count). The van der Waals surface area contributed by atoms with Crippen molar-refractivity contribution in [3.05, 3.63) is 23.8 Å². The molecule has 0 aromatic heterocycles. The maximum absolute atomic E-state index is 17.6. The van der Waals surface area contributed by atoms with Gasteiger partial charge < -0.3 is 4.74 Å². The average molecular weight is 481 g/mol. The standard InChI is InChI=1S/C25H33FO4S2/c1-6-11-32-25(31-5)20(29)13-19-18-8-7-16-12-17(28)9-10-22(16,3)24(18,26)21(30-15(2)27)14-23(19,25)4/h9-10,12,18-19,21H,6-8,11,13-14H2,1-5H3/t18-,19-,21-,22-,23-,24-,25+/m0/s1. The van der Waals surface area contributed by atoms with Gasteiger partial charge in [0, 0.05) is 30.1 Å². The van der Waals surface area contributed by atoms with Crippen LogP contribution >= 0.6 is 23.5 Å². The Balaban J connectivity index is 1.87. The zero-order valence-corrected chi connectivity index (χ0v) is 21.2. The van der Waals surface area contributed by atoms with E-state index in [9.17, 15) is 14.4 Å². The molecule has 0 spiro atoms. The van der Waals surface area contributed by atoms with Crippen LogP contribution in [-0.2, 0) is 19.1 Å². The molecule has 176 valence electrons. The summed E-state index contributed by atoms with van der Waals surface area (Å²) >= 11 is 3.26. The minimum atomic E-state index is -1.87. The van der Waals surface area contributed by atoms with Crippen LogP contribution in [0, 0.1) is 22.7 Å². The van der Waals surface area contributed by atoms with Gasteiger partial charge in [-0.3, -0.25) is 14.4 Å². The molecule has 4 aliphatic rings. The smallest absolute Gasteiger partial charge is 0.303 e. The fraction of sp³-hybridized carbons (Fsp3) is 0.720. The molecule has 0 saturated heterocycles. The Morgan fingerprint density at radius 2 is 2.00 bits per heavy atom. The Kier molecular flexibility index (Phi) is 6.02. The monoisotopic (exact) mass is 480 g/mol. The first-order chi connectivity index (χ1) is 15.0. The number of ether oxygens (including phenoxy) is 1. The van der Waals surface area contributed by atoms with Crippen LogP contribution in [0.1, 0.15) is 59.8 Å². The second-order valence-electron chi connectivity index (χ2n) is 10.1. The zero-order chi connectivity index (χ0) is 23.5. The molecule has 0 aliphatic heterocycles. The Morgan fingerprint density at radius 1 is 1.28 bits per heavy atom. The average Bonchev–Trinajstić information content (AvgIpc) is 2.94. The van der Waals surface area contributed by atoms with Gasteiger partial charge >= 0.3 is 5.97 Å². The molecule has 0 N–H and O–H groups in total. The molecular weight excluding hydrogens is 447 g/mol. The molecule has 7 heteroatoms. The third kappa shape index (κ3) is 2.98. The van der Waals surface area contributed by atoms with E-state index in [-0.39, 0.29) is 17.5 Å². The SMILES string of the molecule is CCCS[C@]1(SC)C(=O)C[C@H]2[C@@H]3CCC4=CC(=O)C=C[C@]4(C)[C@@]3(F)[C@@H](OC(C)=O)C[C@@]21C. The fourth-order valence-corrected chi connectivity index (χ4v) is 10.2. The van der Waals surface area contributed by atoms with Gasteiger partial charge in [-0.25, -0.2) is 4.39 Å². The quantitative estimate of drug-likeness (QED) is 0.393. The van der Waals surface area contributed by atoms with Crippen molar-refractivity contribution in [2.24, 2.45) is 22.7 Å². The van der Waals surface area contributed by atoms with Gasteiger partial charge in [0.2, 0.25) is 0 Å². The highest BCUT2D eigenvalue weighted by Crippen LogP contribution is 2.73. The van der Waals surface area contributed by atoms with Crippen LogP contribution < -0.4 is 0 Å². The number of allylic oxidation sites excluding steroid dienone is 4. The van der Waals surface area contributed by atoms with Crippen molar-refractivity contribution in [1.29, 1.82) is 0 Å². The van der Waals surface area contributed by atoms with Crippen LogP contribution in [0.25, 0.3) is 0 Å². The topological polar surface area (TPSA) is 60.4 Å². The van der Waals surface area contributed by atoms with Crippen molar-refractivity contribution in [2.45, 2.75) is 75.7 Å². The Hall–Kier alpha value is -1.08. The van der Waals surface area contributed by atoms with Crippen molar-refractivity contribution < 1.29 is 23.5 Å². The molecule has 0 bridgehead atoms. The van der Waals surface area contributed by atoms with Crippen LogP contribution in [0.15, 0.2) is 23.8 Å². The van der Waals surface area contributed by atoms with Crippen molar-refractivity contribution in [3.8, 4) is 0 Å². The summed E-state index contributed by atoms with van der Waals surface area (Å²) < 4.78 is 22.7. The maximum Gasteiger partial charge on any atom is 0.303 e. The highest BCUT2D eigenvalue weighted by molar-refractivity contribution is 8.19. The van der Waals surface area contributed by atoms with Crippen molar-refractivity contribution in [1.82, 2.24) is 0 Å². The summed E-state index contributed by atoms with van der Waals surface area (Å²) in [6, 6.07) is 0. The zero-order valence-electron chi connectivity index (χ0n) is 19.5. The number of thioether (sulfide) groups is 2. The highest BCUT2D eigenvalue weighted by atomic mass is 32.2. The van der Waals surface area contributed by atoms with Crippen molar-refractivity contribution >= 4 is 41.1 Å². The first-order valence-corrected chi connectivity index (χ1v) is 13.7.